The molecule has 1 heterocycles. The van der Waals surface area contributed by atoms with Crippen molar-refractivity contribution in [3.05, 3.63) is 12.7 Å². The quantitative estimate of drug-likeness (QED) is 0.552. The smallest absolute Gasteiger partial charge is 0.205 e. The third kappa shape index (κ3) is 2.82. The van der Waals surface area contributed by atoms with Crippen molar-refractivity contribution in [2.75, 3.05) is 26.6 Å². The first-order valence-electron chi connectivity index (χ1n) is 4.72. The highest BCUT2D eigenvalue weighted by atomic mass is 16.7. The van der Waals surface area contributed by atoms with E-state index in [4.69, 9.17) is 19.6 Å². The number of hydrogen-bond acceptors (Lipinski definition) is 4. The molecule has 0 saturated carbocycles. The van der Waals surface area contributed by atoms with Gasteiger partial charge >= 0.3 is 0 Å². The van der Waals surface area contributed by atoms with Crippen molar-refractivity contribution in [1.29, 1.82) is 5.41 Å². The average Bonchev–Trinajstić information content (AvgIpc) is 2.27. The fourth-order valence-corrected chi connectivity index (χ4v) is 1.30. The fraction of sp³-hybridized carbons (Fsp3) is 0.700. The van der Waals surface area contributed by atoms with Gasteiger partial charge in [0.05, 0.1) is 25.2 Å². The van der Waals surface area contributed by atoms with Crippen LogP contribution in [0, 0.1) is 10.8 Å². The van der Waals surface area contributed by atoms with Crippen molar-refractivity contribution in [3.8, 4) is 0 Å². The summed E-state index contributed by atoms with van der Waals surface area (Å²) in [5.41, 5.74) is -0.104. The van der Waals surface area contributed by atoms with Gasteiger partial charge in [-0.2, -0.15) is 0 Å². The number of hydrogen-bond donors (Lipinski definition) is 1. The zero-order chi connectivity index (χ0) is 10.4. The van der Waals surface area contributed by atoms with Crippen LogP contribution in [-0.2, 0) is 14.2 Å². The minimum absolute atomic E-state index is 0.100. The summed E-state index contributed by atoms with van der Waals surface area (Å²) in [5.74, 6) is 0.100. The third-order valence-corrected chi connectivity index (χ3v) is 2.45. The Hall–Kier alpha value is -0.870. The van der Waals surface area contributed by atoms with Gasteiger partial charge in [0.15, 0.2) is 0 Å². The van der Waals surface area contributed by atoms with E-state index in [1.807, 2.05) is 0 Å². The van der Waals surface area contributed by atoms with Gasteiger partial charge in [0.2, 0.25) is 5.90 Å². The molecule has 0 atom stereocenters. The van der Waals surface area contributed by atoms with E-state index in [2.05, 4.69) is 13.5 Å². The minimum atomic E-state index is -0.104. The fourth-order valence-electron chi connectivity index (χ4n) is 1.30. The Morgan fingerprint density at radius 3 is 2.71 bits per heavy atom. The van der Waals surface area contributed by atoms with Crippen molar-refractivity contribution in [3.63, 3.8) is 0 Å². The van der Waals surface area contributed by atoms with Crippen LogP contribution in [0.15, 0.2) is 12.7 Å². The largest absolute Gasteiger partial charge is 0.477 e. The Kier molecular flexibility index (Phi) is 4.10. The molecule has 0 aromatic carbocycles. The predicted molar refractivity (Wildman–Crippen MR) is 53.4 cm³/mol. The Morgan fingerprint density at radius 1 is 1.57 bits per heavy atom. The zero-order valence-electron chi connectivity index (χ0n) is 8.54. The second-order valence-electron chi connectivity index (χ2n) is 3.53. The lowest BCUT2D eigenvalue weighted by Gasteiger charge is -2.35. The van der Waals surface area contributed by atoms with Crippen molar-refractivity contribution in [1.82, 2.24) is 0 Å². The topological polar surface area (TPSA) is 51.5 Å². The summed E-state index contributed by atoms with van der Waals surface area (Å²) in [6.45, 7) is 7.61. The van der Waals surface area contributed by atoms with E-state index in [0.717, 1.165) is 6.42 Å². The molecule has 0 spiro atoms. The highest BCUT2D eigenvalue weighted by molar-refractivity contribution is 5.83. The van der Waals surface area contributed by atoms with Crippen LogP contribution in [0.3, 0.4) is 0 Å². The van der Waals surface area contributed by atoms with Gasteiger partial charge in [-0.1, -0.05) is 13.5 Å². The van der Waals surface area contributed by atoms with Gasteiger partial charge < -0.3 is 14.2 Å². The molecule has 1 fully saturated rings. The molecule has 80 valence electrons. The maximum atomic E-state index is 7.30. The number of ether oxygens (including phenoxy) is 3. The monoisotopic (exact) mass is 199 g/mol. The van der Waals surface area contributed by atoms with E-state index in [-0.39, 0.29) is 11.3 Å². The Balaban J connectivity index is 2.43. The standard InChI is InChI=1S/C10H17NO3/c1-3-9(11)14-7-10(4-2)5-12-8-13-6-10/h3,11H,1,4-8H2,2H3. The highest BCUT2D eigenvalue weighted by Gasteiger charge is 2.33. The second-order valence-corrected chi connectivity index (χ2v) is 3.53. The molecule has 0 aromatic rings. The van der Waals surface area contributed by atoms with Crippen LogP contribution in [-0.4, -0.2) is 32.5 Å². The average molecular weight is 199 g/mol. The van der Waals surface area contributed by atoms with Crippen LogP contribution in [0.2, 0.25) is 0 Å². The molecule has 4 heteroatoms. The first-order valence-corrected chi connectivity index (χ1v) is 4.72. The summed E-state index contributed by atoms with van der Waals surface area (Å²) in [4.78, 5) is 0. The van der Waals surface area contributed by atoms with Gasteiger partial charge in [0.1, 0.15) is 6.79 Å². The summed E-state index contributed by atoms with van der Waals surface area (Å²) < 4.78 is 15.7. The molecule has 4 nitrogen and oxygen atoms in total. The van der Waals surface area contributed by atoms with Gasteiger partial charge in [-0.25, -0.2) is 0 Å². The van der Waals surface area contributed by atoms with Gasteiger partial charge in [-0.05, 0) is 12.5 Å². The van der Waals surface area contributed by atoms with Crippen LogP contribution in [0.25, 0.3) is 0 Å². The number of nitrogens with one attached hydrogen (secondary N) is 1. The van der Waals surface area contributed by atoms with E-state index in [1.165, 1.54) is 6.08 Å². The van der Waals surface area contributed by atoms with Crippen LogP contribution in [0.5, 0.6) is 0 Å². The van der Waals surface area contributed by atoms with Gasteiger partial charge in [0.25, 0.3) is 0 Å². The van der Waals surface area contributed by atoms with Crippen molar-refractivity contribution >= 4 is 5.90 Å². The first kappa shape index (κ1) is 11.2. The molecular formula is C10H17NO3. The normalized spacial score (nSPS) is 20.1. The molecule has 0 aromatic heterocycles. The van der Waals surface area contributed by atoms with E-state index in [0.29, 0.717) is 26.6 Å². The zero-order valence-corrected chi connectivity index (χ0v) is 8.54. The van der Waals surface area contributed by atoms with Crippen LogP contribution in [0.4, 0.5) is 0 Å². The highest BCUT2D eigenvalue weighted by Crippen LogP contribution is 2.26. The molecule has 0 unspecified atom stereocenters. The van der Waals surface area contributed by atoms with Crippen LogP contribution < -0.4 is 0 Å². The van der Waals surface area contributed by atoms with E-state index in [9.17, 15) is 0 Å². The summed E-state index contributed by atoms with van der Waals surface area (Å²) in [6, 6.07) is 0. The van der Waals surface area contributed by atoms with Crippen molar-refractivity contribution in [2.45, 2.75) is 13.3 Å². The molecule has 1 aliphatic heterocycles. The maximum Gasteiger partial charge on any atom is 0.205 e. The van der Waals surface area contributed by atoms with Gasteiger partial charge in [0, 0.05) is 0 Å². The Labute approximate surface area is 84.4 Å². The molecule has 0 radical (unpaired) electrons. The third-order valence-electron chi connectivity index (χ3n) is 2.45. The first-order chi connectivity index (χ1) is 6.72. The second kappa shape index (κ2) is 5.12. The Morgan fingerprint density at radius 2 is 2.21 bits per heavy atom. The summed E-state index contributed by atoms with van der Waals surface area (Å²) in [5, 5.41) is 7.30. The molecule has 1 saturated heterocycles. The lowest BCUT2D eigenvalue weighted by atomic mass is 9.87. The molecule has 1 N–H and O–H groups in total. The van der Waals surface area contributed by atoms with Crippen LogP contribution >= 0.6 is 0 Å². The lowest BCUT2D eigenvalue weighted by molar-refractivity contribution is -0.175. The molecule has 14 heavy (non-hydrogen) atoms. The maximum absolute atomic E-state index is 7.30. The predicted octanol–water partition coefficient (Wildman–Crippen LogP) is 1.57. The molecule has 1 aliphatic rings. The summed E-state index contributed by atoms with van der Waals surface area (Å²) in [6.07, 6.45) is 2.30. The van der Waals surface area contributed by atoms with Crippen LogP contribution in [0.1, 0.15) is 13.3 Å². The van der Waals surface area contributed by atoms with Gasteiger partial charge in [-0.15, -0.1) is 0 Å². The number of rotatable bonds is 4. The van der Waals surface area contributed by atoms with Gasteiger partial charge in [-0.3, -0.25) is 5.41 Å². The molecule has 0 aliphatic carbocycles. The Bertz CT molecular complexity index is 209. The van der Waals surface area contributed by atoms with E-state index in [1.54, 1.807) is 0 Å². The summed E-state index contributed by atoms with van der Waals surface area (Å²) in [7, 11) is 0. The SMILES string of the molecule is C=CC(=N)OCC1(CC)COCOC1. The molecule has 1 rings (SSSR count). The summed E-state index contributed by atoms with van der Waals surface area (Å²) >= 11 is 0. The molecule has 0 amide bonds. The van der Waals surface area contributed by atoms with Crippen molar-refractivity contribution in [2.24, 2.45) is 5.41 Å². The molecular weight excluding hydrogens is 182 g/mol. The van der Waals surface area contributed by atoms with E-state index < -0.39 is 0 Å². The molecule has 0 bridgehead atoms. The van der Waals surface area contributed by atoms with E-state index >= 15 is 0 Å². The minimum Gasteiger partial charge on any atom is -0.477 e. The lowest BCUT2D eigenvalue weighted by Crippen LogP contribution is -2.41. The van der Waals surface area contributed by atoms with Crippen molar-refractivity contribution < 1.29 is 14.2 Å².